The second-order valence-corrected chi connectivity index (χ2v) is 7.33. The summed E-state index contributed by atoms with van der Waals surface area (Å²) >= 11 is 0. The lowest BCUT2D eigenvalue weighted by Gasteiger charge is -2.28. The minimum atomic E-state index is -0.252. The first-order valence-electron chi connectivity index (χ1n) is 9.12. The van der Waals surface area contributed by atoms with E-state index in [1.54, 1.807) is 6.07 Å². The highest BCUT2D eigenvalue weighted by molar-refractivity contribution is 5.89. The number of nitrogens with zero attached hydrogens (tertiary/aromatic N) is 2. The van der Waals surface area contributed by atoms with Gasteiger partial charge < -0.3 is 14.9 Å². The van der Waals surface area contributed by atoms with E-state index in [4.69, 9.17) is 0 Å². The van der Waals surface area contributed by atoms with Crippen LogP contribution in [-0.2, 0) is 0 Å². The summed E-state index contributed by atoms with van der Waals surface area (Å²) in [6.45, 7) is 2.29. The summed E-state index contributed by atoms with van der Waals surface area (Å²) in [5.74, 6) is 1.13. The minimum Gasteiger partial charge on any atom is -0.361 e. The SMILES string of the molecule is CN1CCC(c2c[nH]c3ccc(-c4nc5ccc(F)cc5[nH]4)cc23)CC1. The van der Waals surface area contributed by atoms with Crippen molar-refractivity contribution in [3.05, 3.63) is 54.0 Å². The van der Waals surface area contributed by atoms with Crippen molar-refractivity contribution in [3.8, 4) is 11.4 Å². The van der Waals surface area contributed by atoms with Crippen LogP contribution < -0.4 is 0 Å². The average Bonchev–Trinajstić information content (AvgIpc) is 3.25. The monoisotopic (exact) mass is 348 g/mol. The van der Waals surface area contributed by atoms with Gasteiger partial charge >= 0.3 is 0 Å². The van der Waals surface area contributed by atoms with Crippen molar-refractivity contribution >= 4 is 21.9 Å². The maximum atomic E-state index is 13.4. The van der Waals surface area contributed by atoms with Gasteiger partial charge in [-0.3, -0.25) is 0 Å². The molecule has 2 N–H and O–H groups in total. The van der Waals surface area contributed by atoms with Crippen LogP contribution in [0.3, 0.4) is 0 Å². The molecule has 1 aliphatic rings. The van der Waals surface area contributed by atoms with E-state index in [9.17, 15) is 4.39 Å². The molecule has 1 saturated heterocycles. The lowest BCUT2D eigenvalue weighted by atomic mass is 9.89. The van der Waals surface area contributed by atoms with Gasteiger partial charge in [-0.15, -0.1) is 0 Å². The molecule has 26 heavy (non-hydrogen) atoms. The van der Waals surface area contributed by atoms with Crippen LogP contribution in [0, 0.1) is 5.82 Å². The molecule has 2 aromatic carbocycles. The van der Waals surface area contributed by atoms with E-state index in [1.165, 1.54) is 35.9 Å². The summed E-state index contributed by atoms with van der Waals surface area (Å²) in [6.07, 6.45) is 4.55. The van der Waals surface area contributed by atoms with Crippen molar-refractivity contribution in [3.63, 3.8) is 0 Å². The molecule has 1 aliphatic heterocycles. The fraction of sp³-hybridized carbons (Fsp3) is 0.286. The van der Waals surface area contributed by atoms with Crippen molar-refractivity contribution in [2.45, 2.75) is 18.8 Å². The summed E-state index contributed by atoms with van der Waals surface area (Å²) < 4.78 is 13.4. The lowest BCUT2D eigenvalue weighted by Crippen LogP contribution is -2.29. The molecule has 0 bridgehead atoms. The summed E-state index contributed by atoms with van der Waals surface area (Å²) in [6, 6.07) is 11.0. The Balaban J connectivity index is 1.57. The Labute approximate surface area is 151 Å². The van der Waals surface area contributed by atoms with Gasteiger partial charge in [0.1, 0.15) is 11.6 Å². The number of halogens is 1. The number of aromatic amines is 2. The average molecular weight is 348 g/mol. The molecule has 5 heteroatoms. The minimum absolute atomic E-state index is 0.252. The topological polar surface area (TPSA) is 47.7 Å². The zero-order valence-electron chi connectivity index (χ0n) is 14.7. The zero-order chi connectivity index (χ0) is 17.7. The van der Waals surface area contributed by atoms with Gasteiger partial charge in [0, 0.05) is 22.7 Å². The van der Waals surface area contributed by atoms with E-state index in [1.807, 2.05) is 0 Å². The highest BCUT2D eigenvalue weighted by atomic mass is 19.1. The van der Waals surface area contributed by atoms with E-state index >= 15 is 0 Å². The van der Waals surface area contributed by atoms with Crippen molar-refractivity contribution in [2.75, 3.05) is 20.1 Å². The Morgan fingerprint density at radius 3 is 2.77 bits per heavy atom. The first-order valence-corrected chi connectivity index (χ1v) is 9.12. The van der Waals surface area contributed by atoms with Crippen LogP contribution in [0.4, 0.5) is 4.39 Å². The molecule has 4 nitrogen and oxygen atoms in total. The van der Waals surface area contributed by atoms with Crippen LogP contribution in [0.2, 0.25) is 0 Å². The van der Waals surface area contributed by atoms with E-state index < -0.39 is 0 Å². The summed E-state index contributed by atoms with van der Waals surface area (Å²) in [5.41, 5.74) is 5.10. The fourth-order valence-electron chi connectivity index (χ4n) is 4.07. The second kappa shape index (κ2) is 5.95. The van der Waals surface area contributed by atoms with Crippen LogP contribution in [-0.4, -0.2) is 40.0 Å². The Morgan fingerprint density at radius 1 is 1.08 bits per heavy atom. The van der Waals surface area contributed by atoms with Gasteiger partial charge in [-0.25, -0.2) is 9.37 Å². The van der Waals surface area contributed by atoms with Crippen molar-refractivity contribution in [2.24, 2.45) is 0 Å². The van der Waals surface area contributed by atoms with E-state index in [0.717, 1.165) is 41.0 Å². The quantitative estimate of drug-likeness (QED) is 0.553. The first kappa shape index (κ1) is 15.6. The standard InChI is InChI=1S/C21H21FN4/c1-26-8-6-13(7-9-26)17-12-23-18-4-2-14(10-16(17)18)21-24-19-5-3-15(22)11-20(19)25-21/h2-5,10-13,23H,6-9H2,1H3,(H,24,25). The van der Waals surface area contributed by atoms with E-state index in [0.29, 0.717) is 5.92 Å². The molecule has 0 amide bonds. The van der Waals surface area contributed by atoms with Crippen LogP contribution in [0.25, 0.3) is 33.3 Å². The highest BCUT2D eigenvalue weighted by Crippen LogP contribution is 2.34. The number of H-pyrrole nitrogens is 2. The number of piperidine rings is 1. The van der Waals surface area contributed by atoms with Crippen molar-refractivity contribution < 1.29 is 4.39 Å². The Bertz CT molecular complexity index is 1090. The van der Waals surface area contributed by atoms with Gasteiger partial charge in [0.15, 0.2) is 0 Å². The van der Waals surface area contributed by atoms with Gasteiger partial charge in [0.2, 0.25) is 0 Å². The van der Waals surface area contributed by atoms with Crippen molar-refractivity contribution in [1.82, 2.24) is 19.9 Å². The predicted molar refractivity (Wildman–Crippen MR) is 103 cm³/mol. The molecule has 0 radical (unpaired) electrons. The molecule has 0 atom stereocenters. The number of hydrogen-bond donors (Lipinski definition) is 2. The van der Waals surface area contributed by atoms with E-state index in [2.05, 4.69) is 51.3 Å². The predicted octanol–water partition coefficient (Wildman–Crippen LogP) is 4.66. The molecule has 0 unspecified atom stereocenters. The third-order valence-corrected chi connectivity index (χ3v) is 5.59. The number of imidazole rings is 1. The van der Waals surface area contributed by atoms with E-state index in [-0.39, 0.29) is 5.82 Å². The Morgan fingerprint density at radius 2 is 1.92 bits per heavy atom. The smallest absolute Gasteiger partial charge is 0.138 e. The fourth-order valence-corrected chi connectivity index (χ4v) is 4.07. The molecule has 5 rings (SSSR count). The van der Waals surface area contributed by atoms with Gasteiger partial charge in [-0.2, -0.15) is 0 Å². The number of fused-ring (bicyclic) bond motifs is 2. The summed E-state index contributed by atoms with van der Waals surface area (Å²) in [5, 5.41) is 1.27. The third kappa shape index (κ3) is 2.59. The molecule has 132 valence electrons. The molecule has 4 aromatic rings. The number of likely N-dealkylation sites (tertiary alicyclic amines) is 1. The summed E-state index contributed by atoms with van der Waals surface area (Å²) in [4.78, 5) is 13.7. The highest BCUT2D eigenvalue weighted by Gasteiger charge is 2.21. The first-order chi connectivity index (χ1) is 12.7. The molecule has 2 aromatic heterocycles. The van der Waals surface area contributed by atoms with Crippen LogP contribution in [0.15, 0.2) is 42.6 Å². The number of hydrogen-bond acceptors (Lipinski definition) is 2. The van der Waals surface area contributed by atoms with Gasteiger partial charge in [0.05, 0.1) is 11.0 Å². The molecule has 3 heterocycles. The largest absolute Gasteiger partial charge is 0.361 e. The molecule has 0 aliphatic carbocycles. The third-order valence-electron chi connectivity index (χ3n) is 5.59. The maximum Gasteiger partial charge on any atom is 0.138 e. The lowest BCUT2D eigenvalue weighted by molar-refractivity contribution is 0.256. The number of benzene rings is 2. The zero-order valence-corrected chi connectivity index (χ0v) is 14.7. The normalized spacial score (nSPS) is 16.7. The molecule has 0 saturated carbocycles. The number of rotatable bonds is 2. The van der Waals surface area contributed by atoms with Crippen molar-refractivity contribution in [1.29, 1.82) is 0 Å². The maximum absolute atomic E-state index is 13.4. The molecular weight excluding hydrogens is 327 g/mol. The second-order valence-electron chi connectivity index (χ2n) is 7.33. The Hall–Kier alpha value is -2.66. The summed E-state index contributed by atoms with van der Waals surface area (Å²) in [7, 11) is 2.19. The molecule has 1 fully saturated rings. The van der Waals surface area contributed by atoms with Gasteiger partial charge in [-0.1, -0.05) is 0 Å². The van der Waals surface area contributed by atoms with Gasteiger partial charge in [0.25, 0.3) is 0 Å². The van der Waals surface area contributed by atoms with Crippen LogP contribution in [0.5, 0.6) is 0 Å². The Kier molecular flexibility index (Phi) is 3.57. The molecule has 0 spiro atoms. The van der Waals surface area contributed by atoms with Crippen LogP contribution in [0.1, 0.15) is 24.3 Å². The number of aromatic nitrogens is 3. The number of nitrogens with one attached hydrogen (secondary N) is 2. The van der Waals surface area contributed by atoms with Crippen LogP contribution >= 0.6 is 0 Å². The molecular formula is C21H21FN4. The van der Waals surface area contributed by atoms with Gasteiger partial charge in [-0.05, 0) is 80.9 Å².